The first-order valence-corrected chi connectivity index (χ1v) is 11.4. The van der Waals surface area contributed by atoms with Gasteiger partial charge in [-0.25, -0.2) is 4.79 Å². The summed E-state index contributed by atoms with van der Waals surface area (Å²) in [6.07, 6.45) is 1.66. The lowest BCUT2D eigenvalue weighted by molar-refractivity contribution is 0.121. The summed E-state index contributed by atoms with van der Waals surface area (Å²) < 4.78 is 10.0. The van der Waals surface area contributed by atoms with E-state index in [0.717, 1.165) is 29.5 Å². The molecule has 1 aromatic carbocycles. The molecule has 10 nitrogen and oxygen atoms in total. The van der Waals surface area contributed by atoms with Crippen molar-refractivity contribution in [3.05, 3.63) is 50.7 Å². The SMILES string of the molecule is CC(Cc1ccc(O)cc1)NCCCn1c(N2CCOCC2)nc2c1c(=O)n(C)c(=O)n2C. The molecule has 33 heavy (non-hydrogen) atoms. The van der Waals surface area contributed by atoms with Crippen LogP contribution in [0.2, 0.25) is 0 Å². The molecule has 2 aromatic heterocycles. The van der Waals surface area contributed by atoms with Crippen LogP contribution in [0.3, 0.4) is 0 Å². The first kappa shape index (κ1) is 23.1. The fourth-order valence-electron chi connectivity index (χ4n) is 4.29. The molecule has 0 amide bonds. The van der Waals surface area contributed by atoms with Crippen LogP contribution in [0.5, 0.6) is 5.75 Å². The molecule has 10 heteroatoms. The van der Waals surface area contributed by atoms with E-state index in [9.17, 15) is 14.7 Å². The van der Waals surface area contributed by atoms with Crippen LogP contribution in [0.25, 0.3) is 11.2 Å². The number of phenolic OH excluding ortho intramolecular Hbond substituents is 1. The number of aromatic nitrogens is 4. The van der Waals surface area contributed by atoms with E-state index in [1.54, 1.807) is 19.2 Å². The van der Waals surface area contributed by atoms with Gasteiger partial charge in [-0.05, 0) is 44.0 Å². The molecule has 1 unspecified atom stereocenters. The molecule has 0 aliphatic carbocycles. The largest absolute Gasteiger partial charge is 0.508 e. The number of benzene rings is 1. The highest BCUT2D eigenvalue weighted by Crippen LogP contribution is 2.21. The van der Waals surface area contributed by atoms with Gasteiger partial charge in [-0.15, -0.1) is 0 Å². The van der Waals surface area contributed by atoms with Crippen molar-refractivity contribution in [2.45, 2.75) is 32.4 Å². The van der Waals surface area contributed by atoms with Gasteiger partial charge in [0.15, 0.2) is 11.2 Å². The molecule has 4 rings (SSSR count). The monoisotopic (exact) mass is 456 g/mol. The zero-order chi connectivity index (χ0) is 23.5. The molecule has 1 aliphatic rings. The lowest BCUT2D eigenvalue weighted by Gasteiger charge is -2.28. The number of morpholine rings is 1. The molecule has 2 N–H and O–H groups in total. The Morgan fingerprint density at radius 1 is 1.12 bits per heavy atom. The Bertz CT molecular complexity index is 1220. The van der Waals surface area contributed by atoms with Crippen molar-refractivity contribution in [2.24, 2.45) is 14.1 Å². The van der Waals surface area contributed by atoms with Gasteiger partial charge < -0.3 is 24.6 Å². The second-order valence-electron chi connectivity index (χ2n) is 8.62. The van der Waals surface area contributed by atoms with Crippen molar-refractivity contribution in [3.8, 4) is 5.75 Å². The molecule has 0 spiro atoms. The maximum Gasteiger partial charge on any atom is 0.332 e. The van der Waals surface area contributed by atoms with E-state index >= 15 is 0 Å². The molecule has 1 saturated heterocycles. The Balaban J connectivity index is 1.51. The number of aryl methyl sites for hydroxylation is 2. The van der Waals surface area contributed by atoms with Crippen molar-refractivity contribution in [1.29, 1.82) is 0 Å². The van der Waals surface area contributed by atoms with Gasteiger partial charge >= 0.3 is 5.69 Å². The van der Waals surface area contributed by atoms with Gasteiger partial charge in [-0.2, -0.15) is 4.98 Å². The highest BCUT2D eigenvalue weighted by Gasteiger charge is 2.23. The minimum absolute atomic E-state index is 0.265. The molecule has 1 aliphatic heterocycles. The van der Waals surface area contributed by atoms with E-state index in [0.29, 0.717) is 50.0 Å². The number of nitrogens with one attached hydrogen (secondary N) is 1. The summed E-state index contributed by atoms with van der Waals surface area (Å²) in [6, 6.07) is 7.53. The average Bonchev–Trinajstić information content (AvgIpc) is 3.21. The van der Waals surface area contributed by atoms with Gasteiger partial charge in [0, 0.05) is 39.8 Å². The molecule has 1 fully saturated rings. The third-order valence-electron chi connectivity index (χ3n) is 6.15. The quantitative estimate of drug-likeness (QED) is 0.478. The summed E-state index contributed by atoms with van der Waals surface area (Å²) in [5.41, 5.74) is 1.33. The maximum absolute atomic E-state index is 13.0. The predicted octanol–water partition coefficient (Wildman–Crippen LogP) is 0.587. The number of ether oxygens (including phenoxy) is 1. The number of rotatable bonds is 8. The Morgan fingerprint density at radius 2 is 1.82 bits per heavy atom. The third-order valence-corrected chi connectivity index (χ3v) is 6.15. The molecular weight excluding hydrogens is 424 g/mol. The van der Waals surface area contributed by atoms with Crippen LogP contribution in [-0.4, -0.2) is 62.7 Å². The van der Waals surface area contributed by atoms with Crippen molar-refractivity contribution >= 4 is 17.1 Å². The van der Waals surface area contributed by atoms with Gasteiger partial charge in [0.05, 0.1) is 13.2 Å². The van der Waals surface area contributed by atoms with E-state index in [1.165, 1.54) is 11.6 Å². The minimum atomic E-state index is -0.379. The number of hydrogen-bond donors (Lipinski definition) is 2. The van der Waals surface area contributed by atoms with Crippen molar-refractivity contribution in [3.63, 3.8) is 0 Å². The number of fused-ring (bicyclic) bond motifs is 1. The second kappa shape index (κ2) is 9.80. The Hall–Kier alpha value is -3.11. The van der Waals surface area contributed by atoms with Crippen LogP contribution < -0.4 is 21.5 Å². The summed E-state index contributed by atoms with van der Waals surface area (Å²) in [5, 5.41) is 13.0. The number of aromatic hydroxyl groups is 1. The maximum atomic E-state index is 13.0. The molecule has 3 heterocycles. The van der Waals surface area contributed by atoms with Crippen LogP contribution in [-0.2, 0) is 31.8 Å². The summed E-state index contributed by atoms with van der Waals surface area (Å²) in [6.45, 7) is 6.11. The average molecular weight is 457 g/mol. The summed E-state index contributed by atoms with van der Waals surface area (Å²) in [5.74, 6) is 0.982. The predicted molar refractivity (Wildman–Crippen MR) is 127 cm³/mol. The van der Waals surface area contributed by atoms with E-state index in [2.05, 4.69) is 17.1 Å². The topological polar surface area (TPSA) is 107 Å². The first-order valence-electron chi connectivity index (χ1n) is 11.4. The fourth-order valence-corrected chi connectivity index (χ4v) is 4.29. The van der Waals surface area contributed by atoms with E-state index in [4.69, 9.17) is 9.72 Å². The highest BCUT2D eigenvalue weighted by atomic mass is 16.5. The number of hydrogen-bond acceptors (Lipinski definition) is 7. The second-order valence-corrected chi connectivity index (χ2v) is 8.62. The summed E-state index contributed by atoms with van der Waals surface area (Å²) in [4.78, 5) is 32.3. The van der Waals surface area contributed by atoms with E-state index in [1.807, 2.05) is 16.7 Å². The molecule has 0 bridgehead atoms. The molecule has 0 radical (unpaired) electrons. The number of anilines is 1. The van der Waals surface area contributed by atoms with Gasteiger partial charge in [-0.1, -0.05) is 12.1 Å². The van der Waals surface area contributed by atoms with Crippen LogP contribution in [0.1, 0.15) is 18.9 Å². The van der Waals surface area contributed by atoms with Gasteiger partial charge in [-0.3, -0.25) is 13.9 Å². The lowest BCUT2D eigenvalue weighted by atomic mass is 10.1. The Labute approximate surface area is 192 Å². The normalized spacial score (nSPS) is 15.3. The number of imidazole rings is 1. The van der Waals surface area contributed by atoms with Crippen molar-refractivity contribution < 1.29 is 9.84 Å². The van der Waals surface area contributed by atoms with Crippen LogP contribution in [0, 0.1) is 0 Å². The zero-order valence-corrected chi connectivity index (χ0v) is 19.5. The van der Waals surface area contributed by atoms with E-state index < -0.39 is 0 Å². The highest BCUT2D eigenvalue weighted by molar-refractivity contribution is 5.74. The molecule has 0 saturated carbocycles. The number of phenols is 1. The van der Waals surface area contributed by atoms with E-state index in [-0.39, 0.29) is 23.0 Å². The summed E-state index contributed by atoms with van der Waals surface area (Å²) in [7, 11) is 3.15. The standard InChI is InChI=1S/C23H32N6O4/c1-16(15-17-5-7-18(30)8-6-17)24-9-4-10-29-19-20(26(2)23(32)27(3)21(19)31)25-22(29)28-11-13-33-14-12-28/h5-8,16,24,30H,4,9-15H2,1-3H3. The third kappa shape index (κ3) is 4.81. The molecule has 1 atom stereocenters. The summed E-state index contributed by atoms with van der Waals surface area (Å²) >= 11 is 0. The lowest BCUT2D eigenvalue weighted by Crippen LogP contribution is -2.39. The van der Waals surface area contributed by atoms with Gasteiger partial charge in [0.2, 0.25) is 5.95 Å². The molecule has 178 valence electrons. The molecule has 3 aromatic rings. The molecular formula is C23H32N6O4. The number of nitrogens with zero attached hydrogens (tertiary/aromatic N) is 5. The van der Waals surface area contributed by atoms with Crippen LogP contribution in [0.4, 0.5) is 5.95 Å². The fraction of sp³-hybridized carbons (Fsp3) is 0.522. The van der Waals surface area contributed by atoms with Crippen molar-refractivity contribution in [2.75, 3.05) is 37.7 Å². The van der Waals surface area contributed by atoms with Crippen LogP contribution in [0.15, 0.2) is 33.9 Å². The van der Waals surface area contributed by atoms with Crippen molar-refractivity contribution in [1.82, 2.24) is 24.0 Å². The Kier molecular flexibility index (Phi) is 6.85. The smallest absolute Gasteiger partial charge is 0.332 e. The van der Waals surface area contributed by atoms with Gasteiger partial charge in [0.1, 0.15) is 5.75 Å². The minimum Gasteiger partial charge on any atom is -0.508 e. The van der Waals surface area contributed by atoms with Gasteiger partial charge in [0.25, 0.3) is 5.56 Å². The van der Waals surface area contributed by atoms with Crippen LogP contribution >= 0.6 is 0 Å². The zero-order valence-electron chi connectivity index (χ0n) is 19.5. The first-order chi connectivity index (χ1) is 15.9. The Morgan fingerprint density at radius 3 is 2.52 bits per heavy atom.